The molecule has 0 saturated heterocycles. The zero-order chi connectivity index (χ0) is 21.6. The highest BCUT2D eigenvalue weighted by atomic mass is 16.5. The van der Waals surface area contributed by atoms with Gasteiger partial charge in [-0.2, -0.15) is 0 Å². The number of amides is 1. The average molecular weight is 413 g/mol. The Labute approximate surface area is 180 Å². The van der Waals surface area contributed by atoms with Crippen molar-refractivity contribution in [1.29, 1.82) is 0 Å². The molecule has 1 amide bonds. The first-order valence-corrected chi connectivity index (χ1v) is 9.92. The van der Waals surface area contributed by atoms with E-state index in [1.165, 1.54) is 0 Å². The van der Waals surface area contributed by atoms with E-state index in [1.54, 1.807) is 24.1 Å². The van der Waals surface area contributed by atoms with Crippen molar-refractivity contribution in [3.63, 3.8) is 0 Å². The highest BCUT2D eigenvalue weighted by Gasteiger charge is 2.13. The number of nitrogens with one attached hydrogen (secondary N) is 1. The Hall–Kier alpha value is -4.13. The van der Waals surface area contributed by atoms with Crippen LogP contribution in [0.2, 0.25) is 0 Å². The van der Waals surface area contributed by atoms with Crippen LogP contribution in [0.15, 0.2) is 79.0 Å². The molecule has 1 aromatic heterocycles. The largest absolute Gasteiger partial charge is 0.497 e. The lowest BCUT2D eigenvalue weighted by Crippen LogP contribution is -2.14. The second kappa shape index (κ2) is 9.13. The summed E-state index contributed by atoms with van der Waals surface area (Å²) >= 11 is 0. The van der Waals surface area contributed by atoms with Crippen molar-refractivity contribution in [1.82, 2.24) is 15.0 Å². The third-order valence-corrected chi connectivity index (χ3v) is 4.97. The van der Waals surface area contributed by atoms with E-state index in [0.29, 0.717) is 17.9 Å². The number of methoxy groups -OCH3 is 1. The SMILES string of the molecule is COc1ccc(CCn2cc(C(=O)Nc3cc(-c4ccccc4)ccc3N)nn2)cc1. The molecule has 0 unspecified atom stereocenters. The number of ether oxygens (including phenoxy) is 1. The molecule has 0 aliphatic rings. The smallest absolute Gasteiger partial charge is 0.277 e. The first kappa shape index (κ1) is 20.2. The molecule has 0 atom stereocenters. The van der Waals surface area contributed by atoms with Gasteiger partial charge in [-0.25, -0.2) is 0 Å². The third-order valence-electron chi connectivity index (χ3n) is 4.97. The number of nitrogen functional groups attached to an aromatic ring is 1. The Kier molecular flexibility index (Phi) is 5.93. The van der Waals surface area contributed by atoms with Crippen molar-refractivity contribution in [3.05, 3.63) is 90.3 Å². The quantitative estimate of drug-likeness (QED) is 0.446. The highest BCUT2D eigenvalue weighted by molar-refractivity contribution is 6.04. The minimum atomic E-state index is -0.354. The molecule has 4 rings (SSSR count). The summed E-state index contributed by atoms with van der Waals surface area (Å²) in [6, 6.07) is 23.3. The van der Waals surface area contributed by atoms with Gasteiger partial charge in [0.2, 0.25) is 0 Å². The molecule has 7 nitrogen and oxygen atoms in total. The van der Waals surface area contributed by atoms with Crippen LogP contribution >= 0.6 is 0 Å². The minimum Gasteiger partial charge on any atom is -0.497 e. The second-order valence-corrected chi connectivity index (χ2v) is 7.09. The van der Waals surface area contributed by atoms with Gasteiger partial charge in [0, 0.05) is 6.54 Å². The van der Waals surface area contributed by atoms with Crippen LogP contribution in [0, 0.1) is 0 Å². The molecular weight excluding hydrogens is 390 g/mol. The fourth-order valence-electron chi connectivity index (χ4n) is 3.21. The van der Waals surface area contributed by atoms with E-state index >= 15 is 0 Å². The molecule has 3 N–H and O–H groups in total. The molecule has 0 aliphatic carbocycles. The Balaban J connectivity index is 1.42. The Morgan fingerprint density at radius 2 is 1.81 bits per heavy atom. The van der Waals surface area contributed by atoms with Crippen LogP contribution in [-0.4, -0.2) is 28.0 Å². The van der Waals surface area contributed by atoms with Gasteiger partial charge in [0.25, 0.3) is 5.91 Å². The molecular formula is C24H23N5O2. The van der Waals surface area contributed by atoms with Crippen molar-refractivity contribution in [3.8, 4) is 16.9 Å². The number of nitrogens with two attached hydrogens (primary N) is 1. The maximum atomic E-state index is 12.7. The van der Waals surface area contributed by atoms with Crippen LogP contribution in [-0.2, 0) is 13.0 Å². The number of rotatable bonds is 7. The lowest BCUT2D eigenvalue weighted by Gasteiger charge is -2.09. The predicted octanol–water partition coefficient (Wildman–Crippen LogP) is 4.03. The van der Waals surface area contributed by atoms with Gasteiger partial charge in [-0.3, -0.25) is 9.48 Å². The summed E-state index contributed by atoms with van der Waals surface area (Å²) in [6.45, 7) is 0.609. The van der Waals surface area contributed by atoms with Crippen molar-refractivity contribution < 1.29 is 9.53 Å². The zero-order valence-electron chi connectivity index (χ0n) is 17.2. The van der Waals surface area contributed by atoms with E-state index in [0.717, 1.165) is 28.9 Å². The maximum absolute atomic E-state index is 12.7. The minimum absolute atomic E-state index is 0.235. The fraction of sp³-hybridized carbons (Fsp3) is 0.125. The molecule has 156 valence electrons. The third kappa shape index (κ3) is 4.90. The van der Waals surface area contributed by atoms with Gasteiger partial charge in [-0.1, -0.05) is 53.7 Å². The molecule has 1 heterocycles. The number of aromatic nitrogens is 3. The lowest BCUT2D eigenvalue weighted by atomic mass is 10.0. The molecule has 0 fully saturated rings. The summed E-state index contributed by atoms with van der Waals surface area (Å²) in [6.07, 6.45) is 2.40. The van der Waals surface area contributed by atoms with E-state index in [1.807, 2.05) is 66.7 Å². The van der Waals surface area contributed by atoms with E-state index in [-0.39, 0.29) is 11.6 Å². The number of benzene rings is 3. The Morgan fingerprint density at radius 3 is 2.55 bits per heavy atom. The summed E-state index contributed by atoms with van der Waals surface area (Å²) < 4.78 is 6.83. The highest BCUT2D eigenvalue weighted by Crippen LogP contribution is 2.27. The molecule has 0 radical (unpaired) electrons. The molecule has 3 aromatic carbocycles. The zero-order valence-corrected chi connectivity index (χ0v) is 17.2. The molecule has 7 heteroatoms. The van der Waals surface area contributed by atoms with Gasteiger partial charge in [0.05, 0.1) is 24.7 Å². The Bertz CT molecular complexity index is 1170. The van der Waals surface area contributed by atoms with Gasteiger partial charge < -0.3 is 15.8 Å². The topological polar surface area (TPSA) is 95.1 Å². The molecule has 0 spiro atoms. The number of hydrogen-bond donors (Lipinski definition) is 2. The summed E-state index contributed by atoms with van der Waals surface area (Å²) in [5, 5.41) is 10.9. The molecule has 0 aliphatic heterocycles. The van der Waals surface area contributed by atoms with Gasteiger partial charge >= 0.3 is 0 Å². The number of aryl methyl sites for hydroxylation is 2. The lowest BCUT2D eigenvalue weighted by molar-refractivity contribution is 0.102. The van der Waals surface area contributed by atoms with Crippen molar-refractivity contribution >= 4 is 17.3 Å². The van der Waals surface area contributed by atoms with Gasteiger partial charge in [0.1, 0.15) is 5.75 Å². The first-order chi connectivity index (χ1) is 15.1. The number of anilines is 2. The first-order valence-electron chi connectivity index (χ1n) is 9.92. The van der Waals surface area contributed by atoms with E-state index < -0.39 is 0 Å². The average Bonchev–Trinajstić information content (AvgIpc) is 3.29. The number of hydrogen-bond acceptors (Lipinski definition) is 5. The molecule has 0 saturated carbocycles. The second-order valence-electron chi connectivity index (χ2n) is 7.09. The van der Waals surface area contributed by atoms with Crippen molar-refractivity contribution in [2.45, 2.75) is 13.0 Å². The predicted molar refractivity (Wildman–Crippen MR) is 121 cm³/mol. The van der Waals surface area contributed by atoms with E-state index in [2.05, 4.69) is 15.6 Å². The monoisotopic (exact) mass is 413 g/mol. The molecule has 31 heavy (non-hydrogen) atoms. The number of nitrogens with zero attached hydrogens (tertiary/aromatic N) is 3. The molecule has 0 bridgehead atoms. The summed E-state index contributed by atoms with van der Waals surface area (Å²) in [7, 11) is 1.64. The van der Waals surface area contributed by atoms with Crippen LogP contribution in [0.3, 0.4) is 0 Å². The fourth-order valence-corrected chi connectivity index (χ4v) is 3.21. The van der Waals surface area contributed by atoms with Crippen LogP contribution in [0.25, 0.3) is 11.1 Å². The normalized spacial score (nSPS) is 10.6. The maximum Gasteiger partial charge on any atom is 0.277 e. The van der Waals surface area contributed by atoms with Crippen LogP contribution < -0.4 is 15.8 Å². The summed E-state index contributed by atoms with van der Waals surface area (Å²) in [5.74, 6) is 0.465. The van der Waals surface area contributed by atoms with Crippen molar-refractivity contribution in [2.24, 2.45) is 0 Å². The van der Waals surface area contributed by atoms with Gasteiger partial charge in [-0.05, 0) is 47.4 Å². The van der Waals surface area contributed by atoms with Crippen LogP contribution in [0.4, 0.5) is 11.4 Å². The summed E-state index contributed by atoms with van der Waals surface area (Å²) in [5.41, 5.74) is 10.5. The summed E-state index contributed by atoms with van der Waals surface area (Å²) in [4.78, 5) is 12.7. The molecule has 4 aromatic rings. The Morgan fingerprint density at radius 1 is 1.03 bits per heavy atom. The van der Waals surface area contributed by atoms with Gasteiger partial charge in [0.15, 0.2) is 5.69 Å². The van der Waals surface area contributed by atoms with E-state index in [9.17, 15) is 4.79 Å². The van der Waals surface area contributed by atoms with Crippen LogP contribution in [0.5, 0.6) is 5.75 Å². The van der Waals surface area contributed by atoms with Gasteiger partial charge in [-0.15, -0.1) is 5.10 Å². The van der Waals surface area contributed by atoms with Crippen molar-refractivity contribution in [2.75, 3.05) is 18.2 Å². The number of carbonyl (C=O) groups is 1. The van der Waals surface area contributed by atoms with Crippen LogP contribution in [0.1, 0.15) is 16.1 Å². The number of carbonyl (C=O) groups excluding carboxylic acids is 1. The van der Waals surface area contributed by atoms with E-state index in [4.69, 9.17) is 10.5 Å². The standard InChI is InChI=1S/C24H23N5O2/c1-31-20-10-7-17(8-11-20)13-14-29-16-23(27-28-29)24(30)26-22-15-19(9-12-21(22)25)18-5-3-2-4-6-18/h2-12,15-16H,13-14,25H2,1H3,(H,26,30).